The van der Waals surface area contributed by atoms with Gasteiger partial charge in [-0.3, -0.25) is 4.79 Å². The second-order valence-electron chi connectivity index (χ2n) is 4.01. The highest BCUT2D eigenvalue weighted by atomic mass is 32.2. The molecule has 0 bridgehead atoms. The van der Waals surface area contributed by atoms with E-state index in [0.29, 0.717) is 6.61 Å². The van der Waals surface area contributed by atoms with Gasteiger partial charge in [0.15, 0.2) is 5.54 Å². The monoisotopic (exact) mass is 259 g/mol. The number of carboxylic acid groups (broad SMARTS) is 1. The van der Waals surface area contributed by atoms with Gasteiger partial charge in [0.25, 0.3) is 0 Å². The number of carboxylic acids is 1. The van der Waals surface area contributed by atoms with Crippen molar-refractivity contribution in [1.29, 1.82) is 0 Å². The molecule has 96 valence electrons. The smallest absolute Gasteiger partial charge is 0.329 e. The highest BCUT2D eigenvalue weighted by Crippen LogP contribution is 2.38. The molecule has 0 aromatic rings. The van der Waals surface area contributed by atoms with Crippen molar-refractivity contribution in [2.24, 2.45) is 5.73 Å². The highest BCUT2D eigenvalue weighted by Gasteiger charge is 2.50. The standard InChI is InChI=1S/C11H17NO4S/c1-3-4-5-16-9(13)8-11(12,10(14)15)6-7(2)17-8/h6,8H,3-5,12H2,1-2H3,(H,14,15). The van der Waals surface area contributed by atoms with Gasteiger partial charge in [0, 0.05) is 0 Å². The minimum absolute atomic E-state index is 0.307. The summed E-state index contributed by atoms with van der Waals surface area (Å²) in [6.45, 7) is 4.02. The largest absolute Gasteiger partial charge is 0.480 e. The Hall–Kier alpha value is -1.01. The van der Waals surface area contributed by atoms with Crippen LogP contribution >= 0.6 is 11.8 Å². The molecule has 0 fully saturated rings. The molecular weight excluding hydrogens is 242 g/mol. The summed E-state index contributed by atoms with van der Waals surface area (Å²) < 4.78 is 5.02. The van der Waals surface area contributed by atoms with Crippen molar-refractivity contribution in [1.82, 2.24) is 0 Å². The number of esters is 1. The third kappa shape index (κ3) is 3.01. The van der Waals surface area contributed by atoms with E-state index in [9.17, 15) is 9.59 Å². The fourth-order valence-corrected chi connectivity index (χ4v) is 2.70. The Balaban J connectivity index is 2.71. The minimum Gasteiger partial charge on any atom is -0.480 e. The molecule has 0 aromatic heterocycles. The van der Waals surface area contributed by atoms with Crippen LogP contribution in [0.4, 0.5) is 0 Å². The third-order valence-corrected chi connectivity index (χ3v) is 3.81. The molecule has 1 aliphatic rings. The number of ether oxygens (including phenoxy) is 1. The van der Waals surface area contributed by atoms with Gasteiger partial charge in [-0.15, -0.1) is 11.8 Å². The molecule has 2 atom stereocenters. The second-order valence-corrected chi connectivity index (χ2v) is 5.36. The van der Waals surface area contributed by atoms with E-state index in [1.807, 2.05) is 6.92 Å². The fourth-order valence-electron chi connectivity index (χ4n) is 1.54. The van der Waals surface area contributed by atoms with Gasteiger partial charge in [0.2, 0.25) is 0 Å². The summed E-state index contributed by atoms with van der Waals surface area (Å²) in [5.41, 5.74) is 4.09. The van der Waals surface area contributed by atoms with E-state index in [1.54, 1.807) is 6.92 Å². The molecule has 0 amide bonds. The zero-order valence-corrected chi connectivity index (χ0v) is 10.8. The Morgan fingerprint density at radius 2 is 2.29 bits per heavy atom. The summed E-state index contributed by atoms with van der Waals surface area (Å²) in [7, 11) is 0. The molecule has 1 rings (SSSR count). The van der Waals surface area contributed by atoms with E-state index in [-0.39, 0.29) is 0 Å². The van der Waals surface area contributed by atoms with E-state index >= 15 is 0 Å². The zero-order chi connectivity index (χ0) is 13.1. The SMILES string of the molecule is CCCCOC(=O)C1SC(C)=CC1(N)C(=O)O. The predicted octanol–water partition coefficient (Wildman–Crippen LogP) is 1.13. The first-order valence-corrected chi connectivity index (χ1v) is 6.34. The number of aliphatic carboxylic acids is 1. The summed E-state index contributed by atoms with van der Waals surface area (Å²) in [6.07, 6.45) is 3.08. The average molecular weight is 259 g/mol. The molecule has 2 unspecified atom stereocenters. The van der Waals surface area contributed by atoms with Crippen LogP contribution in [0.3, 0.4) is 0 Å². The lowest BCUT2D eigenvalue weighted by Gasteiger charge is -2.23. The molecular formula is C11H17NO4S. The van der Waals surface area contributed by atoms with Gasteiger partial charge in [0.1, 0.15) is 5.25 Å². The summed E-state index contributed by atoms with van der Waals surface area (Å²) in [5, 5.41) is 8.20. The predicted molar refractivity (Wildman–Crippen MR) is 65.6 cm³/mol. The Morgan fingerprint density at radius 1 is 1.65 bits per heavy atom. The second kappa shape index (κ2) is 5.55. The van der Waals surface area contributed by atoms with Crippen molar-refractivity contribution in [3.05, 3.63) is 11.0 Å². The Labute approximate surface area is 104 Å². The molecule has 6 heteroatoms. The summed E-state index contributed by atoms with van der Waals surface area (Å²) in [5.74, 6) is -1.76. The van der Waals surface area contributed by atoms with Crippen LogP contribution in [0, 0.1) is 0 Å². The van der Waals surface area contributed by atoms with Crippen LogP contribution in [0.15, 0.2) is 11.0 Å². The molecule has 0 aromatic carbocycles. The Bertz CT molecular complexity index is 355. The number of thioether (sulfide) groups is 1. The van der Waals surface area contributed by atoms with Gasteiger partial charge in [-0.2, -0.15) is 0 Å². The fraction of sp³-hybridized carbons (Fsp3) is 0.636. The number of unbranched alkanes of at least 4 members (excludes halogenated alkanes) is 1. The lowest BCUT2D eigenvalue weighted by Crippen LogP contribution is -2.55. The van der Waals surface area contributed by atoms with Crippen LogP contribution in [0.2, 0.25) is 0 Å². The quantitative estimate of drug-likeness (QED) is 0.568. The van der Waals surface area contributed by atoms with Crippen LogP contribution in [-0.2, 0) is 14.3 Å². The summed E-state index contributed by atoms with van der Waals surface area (Å²) in [4.78, 5) is 23.6. The van der Waals surface area contributed by atoms with Crippen molar-refractivity contribution >= 4 is 23.7 Å². The number of nitrogens with two attached hydrogens (primary N) is 1. The number of allylic oxidation sites excluding steroid dienone is 1. The first kappa shape index (κ1) is 14.1. The van der Waals surface area contributed by atoms with E-state index < -0.39 is 22.7 Å². The van der Waals surface area contributed by atoms with Crippen LogP contribution < -0.4 is 5.73 Å². The number of hydrogen-bond donors (Lipinski definition) is 2. The van der Waals surface area contributed by atoms with Gasteiger partial charge in [-0.1, -0.05) is 13.3 Å². The van der Waals surface area contributed by atoms with Crippen LogP contribution in [-0.4, -0.2) is 34.4 Å². The summed E-state index contributed by atoms with van der Waals surface area (Å²) >= 11 is 1.15. The molecule has 1 aliphatic heterocycles. The Kier molecular flexibility index (Phi) is 4.59. The molecule has 0 aliphatic carbocycles. The minimum atomic E-state index is -1.65. The van der Waals surface area contributed by atoms with Crippen molar-refractivity contribution in [3.63, 3.8) is 0 Å². The first-order chi connectivity index (χ1) is 7.91. The normalized spacial score (nSPS) is 27.7. The lowest BCUT2D eigenvalue weighted by molar-refractivity contribution is -0.150. The maximum absolute atomic E-state index is 11.8. The van der Waals surface area contributed by atoms with Crippen molar-refractivity contribution in [3.8, 4) is 0 Å². The first-order valence-electron chi connectivity index (χ1n) is 5.46. The van der Waals surface area contributed by atoms with Crippen LogP contribution in [0.5, 0.6) is 0 Å². The molecule has 0 saturated heterocycles. The van der Waals surface area contributed by atoms with E-state index in [2.05, 4.69) is 0 Å². The van der Waals surface area contributed by atoms with Crippen molar-refractivity contribution in [2.45, 2.75) is 37.5 Å². The molecule has 0 radical (unpaired) electrons. The highest BCUT2D eigenvalue weighted by molar-refractivity contribution is 8.04. The molecule has 1 heterocycles. The van der Waals surface area contributed by atoms with Crippen LogP contribution in [0.1, 0.15) is 26.7 Å². The lowest BCUT2D eigenvalue weighted by atomic mass is 9.96. The molecule has 5 nitrogen and oxygen atoms in total. The van der Waals surface area contributed by atoms with Gasteiger partial charge in [-0.25, -0.2) is 4.79 Å². The van der Waals surface area contributed by atoms with E-state index in [0.717, 1.165) is 29.5 Å². The van der Waals surface area contributed by atoms with E-state index in [1.165, 1.54) is 6.08 Å². The van der Waals surface area contributed by atoms with Gasteiger partial charge >= 0.3 is 11.9 Å². The van der Waals surface area contributed by atoms with Crippen molar-refractivity contribution < 1.29 is 19.4 Å². The van der Waals surface area contributed by atoms with Gasteiger partial charge < -0.3 is 15.6 Å². The maximum atomic E-state index is 11.8. The average Bonchev–Trinajstić information content (AvgIpc) is 2.56. The van der Waals surface area contributed by atoms with Gasteiger partial charge in [-0.05, 0) is 24.3 Å². The molecule has 17 heavy (non-hydrogen) atoms. The Morgan fingerprint density at radius 3 is 2.82 bits per heavy atom. The van der Waals surface area contributed by atoms with Crippen molar-refractivity contribution in [2.75, 3.05) is 6.61 Å². The molecule has 3 N–H and O–H groups in total. The van der Waals surface area contributed by atoms with E-state index in [4.69, 9.17) is 15.6 Å². The van der Waals surface area contributed by atoms with Crippen LogP contribution in [0.25, 0.3) is 0 Å². The molecule has 0 saturated carbocycles. The number of rotatable bonds is 5. The third-order valence-electron chi connectivity index (χ3n) is 2.51. The number of carbonyl (C=O) groups excluding carboxylic acids is 1. The maximum Gasteiger partial charge on any atom is 0.329 e. The number of carbonyl (C=O) groups is 2. The number of hydrogen-bond acceptors (Lipinski definition) is 5. The zero-order valence-electron chi connectivity index (χ0n) is 9.93. The molecule has 0 spiro atoms. The summed E-state index contributed by atoms with van der Waals surface area (Å²) in [6, 6.07) is 0. The van der Waals surface area contributed by atoms with Gasteiger partial charge in [0.05, 0.1) is 6.61 Å². The topological polar surface area (TPSA) is 89.6 Å².